The molecule has 3 N–H and O–H groups in total. The molecule has 1 heterocycles. The summed E-state index contributed by atoms with van der Waals surface area (Å²) in [5, 5.41) is 3.90. The number of ether oxygens (including phenoxy) is 2. The predicted molar refractivity (Wildman–Crippen MR) is 104 cm³/mol. The van der Waals surface area contributed by atoms with Crippen LogP contribution in [0.4, 0.5) is 0 Å². The number of hydrogen-bond acceptors (Lipinski definition) is 6. The average molecular weight is 439 g/mol. The van der Waals surface area contributed by atoms with E-state index >= 15 is 0 Å². The Morgan fingerprint density at radius 2 is 2.00 bits per heavy atom. The van der Waals surface area contributed by atoms with E-state index in [9.17, 15) is 14.4 Å². The van der Waals surface area contributed by atoms with Crippen LogP contribution in [0.5, 0.6) is 11.5 Å². The summed E-state index contributed by atoms with van der Waals surface area (Å²) >= 11 is 3.38. The number of carbonyl (C=O) groups is 1. The van der Waals surface area contributed by atoms with Gasteiger partial charge >= 0.3 is 5.69 Å². The van der Waals surface area contributed by atoms with Crippen molar-refractivity contribution in [3.63, 3.8) is 0 Å². The summed E-state index contributed by atoms with van der Waals surface area (Å²) < 4.78 is 11.2. The fourth-order valence-electron chi connectivity index (χ4n) is 2.41. The zero-order valence-electron chi connectivity index (χ0n) is 15.0. The molecule has 0 fully saturated rings. The van der Waals surface area contributed by atoms with Gasteiger partial charge in [-0.15, -0.1) is 0 Å². The SMILES string of the molecule is COc1cc(/C=N/NC(=O)CCc2c(C)[nH]c(=O)[nH]c2=O)cc(Br)c1OC. The van der Waals surface area contributed by atoms with E-state index in [-0.39, 0.29) is 18.7 Å². The number of nitrogens with one attached hydrogen (secondary N) is 3. The Balaban J connectivity index is 1.99. The number of methoxy groups -OCH3 is 2. The Hall–Kier alpha value is -2.88. The van der Waals surface area contributed by atoms with Gasteiger partial charge in [-0.05, 0) is 47.0 Å². The van der Waals surface area contributed by atoms with E-state index in [0.717, 1.165) is 0 Å². The zero-order chi connectivity index (χ0) is 20.0. The van der Waals surface area contributed by atoms with Gasteiger partial charge in [-0.25, -0.2) is 10.2 Å². The Bertz CT molecular complexity index is 980. The van der Waals surface area contributed by atoms with Crippen molar-refractivity contribution in [2.45, 2.75) is 19.8 Å². The second-order valence-corrected chi connectivity index (χ2v) is 6.40. The topological polar surface area (TPSA) is 126 Å². The summed E-state index contributed by atoms with van der Waals surface area (Å²) in [7, 11) is 3.05. The third-order valence-corrected chi connectivity index (χ3v) is 4.30. The van der Waals surface area contributed by atoms with Crippen molar-refractivity contribution in [2.24, 2.45) is 5.10 Å². The summed E-state index contributed by atoms with van der Waals surface area (Å²) in [5.74, 6) is 0.711. The van der Waals surface area contributed by atoms with Crippen LogP contribution >= 0.6 is 15.9 Å². The number of hydrazone groups is 1. The van der Waals surface area contributed by atoms with Crippen molar-refractivity contribution in [2.75, 3.05) is 14.2 Å². The van der Waals surface area contributed by atoms with E-state index in [2.05, 4.69) is 36.4 Å². The minimum Gasteiger partial charge on any atom is -0.493 e. The van der Waals surface area contributed by atoms with Crippen LogP contribution in [0.25, 0.3) is 0 Å². The highest BCUT2D eigenvalue weighted by Gasteiger charge is 2.10. The van der Waals surface area contributed by atoms with Crippen LogP contribution in [0, 0.1) is 6.92 Å². The van der Waals surface area contributed by atoms with Gasteiger partial charge in [-0.2, -0.15) is 5.10 Å². The van der Waals surface area contributed by atoms with Crippen LogP contribution < -0.4 is 26.1 Å². The van der Waals surface area contributed by atoms with E-state index in [0.29, 0.717) is 32.8 Å². The maximum atomic E-state index is 11.9. The van der Waals surface area contributed by atoms with Gasteiger partial charge in [0.1, 0.15) is 0 Å². The summed E-state index contributed by atoms with van der Waals surface area (Å²) in [5.41, 5.74) is 2.81. The third kappa shape index (κ3) is 5.30. The molecular formula is C17H19BrN4O5. The Morgan fingerprint density at radius 3 is 2.63 bits per heavy atom. The average Bonchev–Trinajstić information content (AvgIpc) is 2.60. The molecule has 0 atom stereocenters. The minimum absolute atomic E-state index is 0.0446. The van der Waals surface area contributed by atoms with Crippen molar-refractivity contribution in [3.05, 3.63) is 54.3 Å². The van der Waals surface area contributed by atoms with Crippen LogP contribution in [-0.2, 0) is 11.2 Å². The molecule has 0 aliphatic carbocycles. The van der Waals surface area contributed by atoms with Gasteiger partial charge in [0.05, 0.1) is 24.9 Å². The van der Waals surface area contributed by atoms with E-state index in [4.69, 9.17) is 9.47 Å². The first-order chi connectivity index (χ1) is 12.8. The highest BCUT2D eigenvalue weighted by molar-refractivity contribution is 9.10. The lowest BCUT2D eigenvalue weighted by Crippen LogP contribution is -2.28. The molecule has 1 amide bonds. The molecule has 0 saturated heterocycles. The number of rotatable bonds is 7. The molecule has 144 valence electrons. The summed E-state index contributed by atoms with van der Waals surface area (Å²) in [6.07, 6.45) is 1.69. The number of carbonyl (C=O) groups excluding carboxylic acids is 1. The first-order valence-corrected chi connectivity index (χ1v) is 8.70. The molecule has 10 heteroatoms. The molecule has 1 aromatic heterocycles. The van der Waals surface area contributed by atoms with Crippen molar-refractivity contribution in [1.29, 1.82) is 0 Å². The molecule has 0 aliphatic rings. The van der Waals surface area contributed by atoms with Crippen LogP contribution in [-0.4, -0.2) is 36.3 Å². The van der Waals surface area contributed by atoms with Gasteiger partial charge in [0.15, 0.2) is 11.5 Å². The van der Waals surface area contributed by atoms with Crippen molar-refractivity contribution < 1.29 is 14.3 Å². The Morgan fingerprint density at radius 1 is 1.26 bits per heavy atom. The van der Waals surface area contributed by atoms with Gasteiger partial charge in [-0.1, -0.05) is 0 Å². The molecule has 1 aromatic carbocycles. The lowest BCUT2D eigenvalue weighted by molar-refractivity contribution is -0.121. The molecule has 0 aliphatic heterocycles. The fraction of sp³-hybridized carbons (Fsp3) is 0.294. The van der Waals surface area contributed by atoms with Gasteiger partial charge in [0.25, 0.3) is 5.56 Å². The Labute approximate surface area is 162 Å². The highest BCUT2D eigenvalue weighted by Crippen LogP contribution is 2.35. The number of aromatic nitrogens is 2. The lowest BCUT2D eigenvalue weighted by atomic mass is 10.1. The number of H-pyrrole nitrogens is 2. The summed E-state index contributed by atoms with van der Waals surface area (Å²) in [4.78, 5) is 39.5. The van der Waals surface area contributed by atoms with Gasteiger partial charge in [-0.3, -0.25) is 14.6 Å². The maximum Gasteiger partial charge on any atom is 0.325 e. The van der Waals surface area contributed by atoms with E-state index in [1.807, 2.05) is 0 Å². The lowest BCUT2D eigenvalue weighted by Gasteiger charge is -2.10. The molecule has 2 rings (SSSR count). The highest BCUT2D eigenvalue weighted by atomic mass is 79.9. The molecule has 0 radical (unpaired) electrons. The van der Waals surface area contributed by atoms with Crippen LogP contribution in [0.2, 0.25) is 0 Å². The Kier molecular flexibility index (Phi) is 6.94. The molecule has 2 aromatic rings. The second-order valence-electron chi connectivity index (χ2n) is 5.54. The smallest absolute Gasteiger partial charge is 0.325 e. The first-order valence-electron chi connectivity index (χ1n) is 7.91. The molecule has 0 bridgehead atoms. The van der Waals surface area contributed by atoms with Crippen molar-refractivity contribution in [1.82, 2.24) is 15.4 Å². The van der Waals surface area contributed by atoms with Crippen LogP contribution in [0.3, 0.4) is 0 Å². The van der Waals surface area contributed by atoms with E-state index < -0.39 is 11.2 Å². The maximum absolute atomic E-state index is 11.9. The largest absolute Gasteiger partial charge is 0.493 e. The molecular weight excluding hydrogens is 420 g/mol. The van der Waals surface area contributed by atoms with Crippen LogP contribution in [0.15, 0.2) is 31.3 Å². The summed E-state index contributed by atoms with van der Waals surface area (Å²) in [6.45, 7) is 1.61. The normalized spacial score (nSPS) is 10.8. The van der Waals surface area contributed by atoms with Gasteiger partial charge in [0, 0.05) is 17.7 Å². The monoisotopic (exact) mass is 438 g/mol. The van der Waals surface area contributed by atoms with Crippen molar-refractivity contribution in [3.8, 4) is 11.5 Å². The van der Waals surface area contributed by atoms with E-state index in [1.165, 1.54) is 20.4 Å². The molecule has 0 unspecified atom stereocenters. The number of aryl methyl sites for hydroxylation is 1. The number of hydrogen-bond donors (Lipinski definition) is 3. The van der Waals surface area contributed by atoms with Gasteiger partial charge in [0.2, 0.25) is 5.91 Å². The number of amides is 1. The quantitative estimate of drug-likeness (QED) is 0.442. The molecule has 27 heavy (non-hydrogen) atoms. The molecule has 0 spiro atoms. The summed E-state index contributed by atoms with van der Waals surface area (Å²) in [6, 6.07) is 3.47. The zero-order valence-corrected chi connectivity index (χ0v) is 16.6. The number of nitrogens with zero attached hydrogens (tertiary/aromatic N) is 1. The van der Waals surface area contributed by atoms with E-state index in [1.54, 1.807) is 19.1 Å². The molecule has 0 saturated carbocycles. The number of aromatic amines is 2. The standard InChI is InChI=1S/C17H19BrN4O5/c1-9-11(16(24)21-17(25)20-9)4-5-14(23)22-19-8-10-6-12(18)15(27-3)13(7-10)26-2/h6-8H,4-5H2,1-3H3,(H,22,23)(H2,20,21,24,25)/b19-8+. The number of benzene rings is 1. The third-order valence-electron chi connectivity index (χ3n) is 3.72. The first kappa shape index (κ1) is 20.4. The second kappa shape index (κ2) is 9.17. The number of halogens is 1. The van der Waals surface area contributed by atoms with Gasteiger partial charge < -0.3 is 14.5 Å². The minimum atomic E-state index is -0.573. The predicted octanol–water partition coefficient (Wildman–Crippen LogP) is 1.23. The molecule has 9 nitrogen and oxygen atoms in total. The van der Waals surface area contributed by atoms with Crippen molar-refractivity contribution >= 4 is 28.1 Å². The van der Waals surface area contributed by atoms with Crippen LogP contribution in [0.1, 0.15) is 23.2 Å². The fourth-order valence-corrected chi connectivity index (χ4v) is 3.03.